The second-order valence-electron chi connectivity index (χ2n) is 5.64. The molecule has 1 fully saturated rings. The summed E-state index contributed by atoms with van der Waals surface area (Å²) in [5, 5.41) is 5.28. The highest BCUT2D eigenvalue weighted by molar-refractivity contribution is 5.78. The average molecular weight is 359 g/mol. The highest BCUT2D eigenvalue weighted by Gasteiger charge is 2.30. The first-order valence-electron chi connectivity index (χ1n) is 7.98. The van der Waals surface area contributed by atoms with Crippen LogP contribution in [0.3, 0.4) is 0 Å². The van der Waals surface area contributed by atoms with Gasteiger partial charge in [-0.3, -0.25) is 4.79 Å². The van der Waals surface area contributed by atoms with Gasteiger partial charge in [-0.15, -0.1) is 13.2 Å². The Labute approximate surface area is 143 Å². The largest absolute Gasteiger partial charge is 0.573 e. The smallest absolute Gasteiger partial charge is 0.406 e. The minimum atomic E-state index is -4.72. The van der Waals surface area contributed by atoms with E-state index in [2.05, 4.69) is 15.4 Å². The third-order valence-corrected chi connectivity index (χ3v) is 3.67. The SMILES string of the molecule is O=C(NCCCN1CCCC1=O)NCc1ccc(OC(F)(F)F)cc1. The maximum Gasteiger partial charge on any atom is 0.573 e. The number of urea groups is 1. The van der Waals surface area contributed by atoms with Crippen molar-refractivity contribution in [3.63, 3.8) is 0 Å². The Hall–Kier alpha value is -2.45. The molecule has 2 rings (SSSR count). The number of nitrogens with one attached hydrogen (secondary N) is 2. The summed E-state index contributed by atoms with van der Waals surface area (Å²) < 4.78 is 39.9. The van der Waals surface area contributed by atoms with E-state index in [0.717, 1.165) is 13.0 Å². The Morgan fingerprint density at radius 1 is 1.20 bits per heavy atom. The Balaban J connectivity index is 1.62. The summed E-state index contributed by atoms with van der Waals surface area (Å²) in [4.78, 5) is 24.9. The summed E-state index contributed by atoms with van der Waals surface area (Å²) in [6, 6.07) is 4.90. The summed E-state index contributed by atoms with van der Waals surface area (Å²) in [5.74, 6) is -0.153. The van der Waals surface area contributed by atoms with Crippen molar-refractivity contribution in [2.24, 2.45) is 0 Å². The lowest BCUT2D eigenvalue weighted by molar-refractivity contribution is -0.274. The summed E-state index contributed by atoms with van der Waals surface area (Å²) in [7, 11) is 0. The molecule has 1 saturated heterocycles. The van der Waals surface area contributed by atoms with Crippen LogP contribution in [0.2, 0.25) is 0 Å². The number of benzene rings is 1. The first-order valence-corrected chi connectivity index (χ1v) is 7.98. The maximum atomic E-state index is 12.1. The monoisotopic (exact) mass is 359 g/mol. The van der Waals surface area contributed by atoms with Gasteiger partial charge >= 0.3 is 12.4 Å². The quantitative estimate of drug-likeness (QED) is 0.735. The van der Waals surface area contributed by atoms with Crippen LogP contribution in [0.1, 0.15) is 24.8 Å². The van der Waals surface area contributed by atoms with E-state index in [-0.39, 0.29) is 24.2 Å². The zero-order chi connectivity index (χ0) is 18.3. The van der Waals surface area contributed by atoms with Crippen LogP contribution < -0.4 is 15.4 Å². The molecule has 1 heterocycles. The number of amides is 3. The Morgan fingerprint density at radius 2 is 1.92 bits per heavy atom. The highest BCUT2D eigenvalue weighted by atomic mass is 19.4. The zero-order valence-corrected chi connectivity index (χ0v) is 13.6. The molecule has 25 heavy (non-hydrogen) atoms. The summed E-state index contributed by atoms with van der Waals surface area (Å²) in [6.07, 6.45) is -2.57. The predicted molar refractivity (Wildman–Crippen MR) is 83.8 cm³/mol. The van der Waals surface area contributed by atoms with Gasteiger partial charge in [0.2, 0.25) is 5.91 Å². The van der Waals surface area contributed by atoms with Crippen molar-refractivity contribution in [2.45, 2.75) is 32.2 Å². The van der Waals surface area contributed by atoms with Crippen molar-refractivity contribution in [3.8, 4) is 5.75 Å². The first kappa shape index (κ1) is 18.9. The van der Waals surface area contributed by atoms with Crippen molar-refractivity contribution < 1.29 is 27.5 Å². The van der Waals surface area contributed by atoms with Crippen LogP contribution in [0, 0.1) is 0 Å². The van der Waals surface area contributed by atoms with E-state index in [4.69, 9.17) is 0 Å². The van der Waals surface area contributed by atoms with Crippen molar-refractivity contribution >= 4 is 11.9 Å². The van der Waals surface area contributed by atoms with E-state index in [0.29, 0.717) is 31.5 Å². The Bertz CT molecular complexity index is 591. The highest BCUT2D eigenvalue weighted by Crippen LogP contribution is 2.22. The standard InChI is InChI=1S/C16H20F3N3O3/c17-16(18,19)25-13-6-4-12(5-7-13)11-21-15(24)20-8-2-10-22-9-1-3-14(22)23/h4-7H,1-3,8-11H2,(H2,20,21,24). The number of ether oxygens (including phenoxy) is 1. The van der Waals surface area contributed by atoms with Crippen LogP contribution in [-0.4, -0.2) is 42.8 Å². The molecular weight excluding hydrogens is 339 g/mol. The molecular formula is C16H20F3N3O3. The molecule has 0 unspecified atom stereocenters. The first-order chi connectivity index (χ1) is 11.8. The second-order valence-corrected chi connectivity index (χ2v) is 5.64. The molecule has 0 spiro atoms. The normalized spacial score (nSPS) is 14.5. The van der Waals surface area contributed by atoms with Crippen molar-refractivity contribution in [1.82, 2.24) is 15.5 Å². The summed E-state index contributed by atoms with van der Waals surface area (Å²) >= 11 is 0. The number of hydrogen-bond donors (Lipinski definition) is 2. The number of alkyl halides is 3. The number of carbonyl (C=O) groups is 2. The molecule has 9 heteroatoms. The van der Waals surface area contributed by atoms with E-state index in [9.17, 15) is 22.8 Å². The van der Waals surface area contributed by atoms with E-state index < -0.39 is 6.36 Å². The van der Waals surface area contributed by atoms with Gasteiger partial charge in [0.1, 0.15) is 5.75 Å². The van der Waals surface area contributed by atoms with Gasteiger partial charge in [0, 0.05) is 32.6 Å². The molecule has 0 aromatic heterocycles. The zero-order valence-electron chi connectivity index (χ0n) is 13.6. The van der Waals surface area contributed by atoms with Gasteiger partial charge < -0.3 is 20.3 Å². The van der Waals surface area contributed by atoms with Crippen molar-refractivity contribution in [2.75, 3.05) is 19.6 Å². The molecule has 0 saturated carbocycles. The molecule has 1 aromatic rings. The lowest BCUT2D eigenvalue weighted by Crippen LogP contribution is -2.37. The molecule has 0 atom stereocenters. The van der Waals surface area contributed by atoms with Crippen LogP contribution >= 0.6 is 0 Å². The third-order valence-electron chi connectivity index (χ3n) is 3.67. The number of likely N-dealkylation sites (tertiary alicyclic amines) is 1. The number of carbonyl (C=O) groups excluding carboxylic acids is 2. The molecule has 0 aliphatic carbocycles. The fourth-order valence-corrected chi connectivity index (χ4v) is 2.47. The van der Waals surface area contributed by atoms with Crippen LogP contribution in [-0.2, 0) is 11.3 Å². The third kappa shape index (κ3) is 6.90. The van der Waals surface area contributed by atoms with Crippen molar-refractivity contribution in [1.29, 1.82) is 0 Å². The van der Waals surface area contributed by atoms with Gasteiger partial charge in [-0.2, -0.15) is 0 Å². The molecule has 0 radical (unpaired) electrons. The van der Waals surface area contributed by atoms with Crippen molar-refractivity contribution in [3.05, 3.63) is 29.8 Å². The number of halogens is 3. The van der Waals surface area contributed by atoms with E-state index >= 15 is 0 Å². The van der Waals surface area contributed by atoms with Gasteiger partial charge in [0.15, 0.2) is 0 Å². The van der Waals surface area contributed by atoms with Crippen LogP contribution in [0.25, 0.3) is 0 Å². The molecule has 138 valence electrons. The van der Waals surface area contributed by atoms with Gasteiger partial charge in [0.05, 0.1) is 0 Å². The van der Waals surface area contributed by atoms with E-state index in [1.165, 1.54) is 24.3 Å². The fraction of sp³-hybridized carbons (Fsp3) is 0.500. The second kappa shape index (κ2) is 8.59. The van der Waals surface area contributed by atoms with Crippen LogP contribution in [0.4, 0.5) is 18.0 Å². The predicted octanol–water partition coefficient (Wildman–Crippen LogP) is 2.40. The minimum absolute atomic E-state index is 0.155. The molecule has 2 N–H and O–H groups in total. The number of rotatable bonds is 7. The Morgan fingerprint density at radius 3 is 2.52 bits per heavy atom. The topological polar surface area (TPSA) is 70.7 Å². The van der Waals surface area contributed by atoms with Gasteiger partial charge in [-0.25, -0.2) is 4.79 Å². The average Bonchev–Trinajstić information content (AvgIpc) is 2.94. The maximum absolute atomic E-state index is 12.1. The molecule has 1 aromatic carbocycles. The molecule has 6 nitrogen and oxygen atoms in total. The van der Waals surface area contributed by atoms with Crippen LogP contribution in [0.15, 0.2) is 24.3 Å². The minimum Gasteiger partial charge on any atom is -0.406 e. The Kier molecular flexibility index (Phi) is 6.49. The number of hydrogen-bond acceptors (Lipinski definition) is 3. The molecule has 3 amide bonds. The van der Waals surface area contributed by atoms with E-state index in [1.54, 1.807) is 4.90 Å². The van der Waals surface area contributed by atoms with Gasteiger partial charge in [0.25, 0.3) is 0 Å². The molecule has 1 aliphatic rings. The summed E-state index contributed by atoms with van der Waals surface area (Å²) in [6.45, 7) is 2.02. The fourth-order valence-electron chi connectivity index (χ4n) is 2.47. The van der Waals surface area contributed by atoms with E-state index in [1.807, 2.05) is 0 Å². The molecule has 0 bridgehead atoms. The molecule has 1 aliphatic heterocycles. The lowest BCUT2D eigenvalue weighted by Gasteiger charge is -2.15. The number of nitrogens with zero attached hydrogens (tertiary/aromatic N) is 1. The lowest BCUT2D eigenvalue weighted by atomic mass is 10.2. The van der Waals surface area contributed by atoms with Crippen LogP contribution in [0.5, 0.6) is 5.75 Å². The van der Waals surface area contributed by atoms with Gasteiger partial charge in [-0.1, -0.05) is 12.1 Å². The summed E-state index contributed by atoms with van der Waals surface area (Å²) in [5.41, 5.74) is 0.646. The van der Waals surface area contributed by atoms with Gasteiger partial charge in [-0.05, 0) is 30.5 Å².